The van der Waals surface area contributed by atoms with Crippen molar-refractivity contribution in [3.63, 3.8) is 0 Å². The van der Waals surface area contributed by atoms with Crippen molar-refractivity contribution in [1.82, 2.24) is 4.90 Å². The second-order valence-electron chi connectivity index (χ2n) is 6.90. The van der Waals surface area contributed by atoms with E-state index in [1.165, 1.54) is 0 Å². The van der Waals surface area contributed by atoms with E-state index in [0.29, 0.717) is 6.61 Å². The number of carbonyl (C=O) groups excluding carboxylic acids is 1. The van der Waals surface area contributed by atoms with Gasteiger partial charge in [-0.1, -0.05) is 37.1 Å². The quantitative estimate of drug-likeness (QED) is 0.809. The molecule has 3 rings (SSSR count). The maximum absolute atomic E-state index is 13.1. The molecule has 2 aromatic carbocycles. The predicted octanol–water partition coefficient (Wildman–Crippen LogP) is 4.99. The SMILES string of the molecule is COCc1cccc(NC(=O)N2CCCCCC2c2ccc(OC)cc2)c1. The van der Waals surface area contributed by atoms with Crippen molar-refractivity contribution in [3.05, 3.63) is 59.7 Å². The van der Waals surface area contributed by atoms with Crippen molar-refractivity contribution >= 4 is 11.7 Å². The molecular weight excluding hydrogens is 340 g/mol. The number of rotatable bonds is 5. The summed E-state index contributed by atoms with van der Waals surface area (Å²) in [6, 6.07) is 15.9. The summed E-state index contributed by atoms with van der Waals surface area (Å²) in [6.45, 7) is 1.29. The molecule has 1 N–H and O–H groups in total. The van der Waals surface area contributed by atoms with Crippen molar-refractivity contribution in [2.45, 2.75) is 38.3 Å². The lowest BCUT2D eigenvalue weighted by Crippen LogP contribution is -2.38. The number of carbonyl (C=O) groups is 1. The first-order chi connectivity index (χ1) is 13.2. The molecule has 2 aromatic rings. The van der Waals surface area contributed by atoms with E-state index in [2.05, 4.69) is 17.4 Å². The fraction of sp³-hybridized carbons (Fsp3) is 0.409. The van der Waals surface area contributed by atoms with Gasteiger partial charge in [0.25, 0.3) is 0 Å². The van der Waals surface area contributed by atoms with Crippen LogP contribution in [0.1, 0.15) is 42.9 Å². The van der Waals surface area contributed by atoms with E-state index in [9.17, 15) is 4.79 Å². The van der Waals surface area contributed by atoms with E-state index in [0.717, 1.165) is 54.8 Å². The van der Waals surface area contributed by atoms with Gasteiger partial charge in [0.1, 0.15) is 5.75 Å². The first-order valence-electron chi connectivity index (χ1n) is 9.50. The molecule has 5 heteroatoms. The third kappa shape index (κ3) is 5.01. The Morgan fingerprint density at radius 3 is 2.67 bits per heavy atom. The van der Waals surface area contributed by atoms with E-state index in [1.54, 1.807) is 14.2 Å². The lowest BCUT2D eigenvalue weighted by Gasteiger charge is -2.30. The Morgan fingerprint density at radius 2 is 1.93 bits per heavy atom. The predicted molar refractivity (Wildman–Crippen MR) is 107 cm³/mol. The van der Waals surface area contributed by atoms with Crippen molar-refractivity contribution < 1.29 is 14.3 Å². The number of urea groups is 1. The van der Waals surface area contributed by atoms with E-state index in [4.69, 9.17) is 9.47 Å². The molecule has 0 saturated carbocycles. The van der Waals surface area contributed by atoms with Crippen molar-refractivity contribution in [3.8, 4) is 5.75 Å². The first-order valence-corrected chi connectivity index (χ1v) is 9.50. The Labute approximate surface area is 161 Å². The van der Waals surface area contributed by atoms with E-state index < -0.39 is 0 Å². The van der Waals surface area contributed by atoms with Crippen LogP contribution in [0, 0.1) is 0 Å². The van der Waals surface area contributed by atoms with Gasteiger partial charge in [0, 0.05) is 19.3 Å². The molecule has 0 aromatic heterocycles. The number of likely N-dealkylation sites (tertiary alicyclic amines) is 1. The fourth-order valence-corrected chi connectivity index (χ4v) is 3.62. The summed E-state index contributed by atoms with van der Waals surface area (Å²) in [5.74, 6) is 0.832. The average Bonchev–Trinajstić information content (AvgIpc) is 2.95. The number of ether oxygens (including phenoxy) is 2. The molecule has 1 aliphatic heterocycles. The topological polar surface area (TPSA) is 50.8 Å². The molecule has 0 spiro atoms. The van der Waals surface area contributed by atoms with E-state index in [-0.39, 0.29) is 12.1 Å². The van der Waals surface area contributed by atoms with Crippen molar-refractivity contribution in [2.24, 2.45) is 0 Å². The largest absolute Gasteiger partial charge is 0.497 e. The number of anilines is 1. The minimum absolute atomic E-state index is 0.0488. The maximum atomic E-state index is 13.1. The molecule has 2 amide bonds. The normalized spacial score (nSPS) is 17.3. The minimum Gasteiger partial charge on any atom is -0.497 e. The van der Waals surface area contributed by atoms with Crippen LogP contribution in [0.25, 0.3) is 0 Å². The summed E-state index contributed by atoms with van der Waals surface area (Å²) in [5.41, 5.74) is 2.99. The highest BCUT2D eigenvalue weighted by Crippen LogP contribution is 2.31. The lowest BCUT2D eigenvalue weighted by atomic mass is 10.0. The van der Waals surface area contributed by atoms with Gasteiger partial charge in [0.15, 0.2) is 0 Å². The van der Waals surface area contributed by atoms with Crippen LogP contribution >= 0.6 is 0 Å². The summed E-state index contributed by atoms with van der Waals surface area (Å²) < 4.78 is 10.4. The van der Waals surface area contributed by atoms with Crippen LogP contribution in [-0.2, 0) is 11.3 Å². The standard InChI is InChI=1S/C22H28N2O3/c1-26-16-17-7-6-8-19(15-17)23-22(25)24-14-5-3-4-9-21(24)18-10-12-20(27-2)13-11-18/h6-8,10-13,15,21H,3-5,9,14,16H2,1-2H3,(H,23,25). The molecular formula is C22H28N2O3. The third-order valence-electron chi connectivity index (χ3n) is 5.00. The number of amides is 2. The van der Waals surface area contributed by atoms with Gasteiger partial charge in [-0.25, -0.2) is 4.79 Å². The summed E-state index contributed by atoms with van der Waals surface area (Å²) in [7, 11) is 3.33. The first kappa shape index (κ1) is 19.2. The summed E-state index contributed by atoms with van der Waals surface area (Å²) in [6.07, 6.45) is 4.29. The zero-order chi connectivity index (χ0) is 19.1. The van der Waals surface area contributed by atoms with Gasteiger partial charge in [0.2, 0.25) is 0 Å². The number of hydrogen-bond donors (Lipinski definition) is 1. The average molecular weight is 368 g/mol. The number of methoxy groups -OCH3 is 2. The molecule has 5 nitrogen and oxygen atoms in total. The zero-order valence-corrected chi connectivity index (χ0v) is 16.1. The molecule has 0 bridgehead atoms. The summed E-state index contributed by atoms with van der Waals surface area (Å²) >= 11 is 0. The molecule has 1 atom stereocenters. The molecule has 144 valence electrons. The van der Waals surface area contributed by atoms with Crippen molar-refractivity contribution in [1.29, 1.82) is 0 Å². The highest BCUT2D eigenvalue weighted by molar-refractivity contribution is 5.89. The second-order valence-corrected chi connectivity index (χ2v) is 6.90. The van der Waals surface area contributed by atoms with Crippen LogP contribution in [-0.4, -0.2) is 31.7 Å². The Balaban J connectivity index is 1.77. The molecule has 1 aliphatic rings. The van der Waals surface area contributed by atoms with Crippen LogP contribution in [0.3, 0.4) is 0 Å². The smallest absolute Gasteiger partial charge is 0.322 e. The number of nitrogens with zero attached hydrogens (tertiary/aromatic N) is 1. The molecule has 1 saturated heterocycles. The Morgan fingerprint density at radius 1 is 1.11 bits per heavy atom. The molecule has 1 heterocycles. The van der Waals surface area contributed by atoms with Gasteiger partial charge in [-0.3, -0.25) is 0 Å². The summed E-state index contributed by atoms with van der Waals surface area (Å²) in [4.78, 5) is 15.0. The maximum Gasteiger partial charge on any atom is 0.322 e. The highest BCUT2D eigenvalue weighted by Gasteiger charge is 2.27. The van der Waals surface area contributed by atoms with Gasteiger partial charge < -0.3 is 19.7 Å². The van der Waals surface area contributed by atoms with Gasteiger partial charge in [-0.2, -0.15) is 0 Å². The minimum atomic E-state index is -0.0488. The number of hydrogen-bond acceptors (Lipinski definition) is 3. The number of nitrogens with one attached hydrogen (secondary N) is 1. The van der Waals surface area contributed by atoms with E-state index in [1.807, 2.05) is 41.3 Å². The Hall–Kier alpha value is -2.53. The van der Waals surface area contributed by atoms with Gasteiger partial charge in [0.05, 0.1) is 19.8 Å². The molecule has 0 aliphatic carbocycles. The second kappa shape index (κ2) is 9.42. The van der Waals surface area contributed by atoms with Crippen LogP contribution < -0.4 is 10.1 Å². The monoisotopic (exact) mass is 368 g/mol. The van der Waals surface area contributed by atoms with Crippen LogP contribution in [0.4, 0.5) is 10.5 Å². The van der Waals surface area contributed by atoms with Gasteiger partial charge >= 0.3 is 6.03 Å². The fourth-order valence-electron chi connectivity index (χ4n) is 3.62. The highest BCUT2D eigenvalue weighted by atomic mass is 16.5. The molecule has 0 radical (unpaired) electrons. The van der Waals surface area contributed by atoms with Crippen LogP contribution in [0.15, 0.2) is 48.5 Å². The molecule has 1 fully saturated rings. The molecule has 1 unspecified atom stereocenters. The summed E-state index contributed by atoms with van der Waals surface area (Å²) in [5, 5.41) is 3.07. The van der Waals surface area contributed by atoms with Crippen LogP contribution in [0.5, 0.6) is 5.75 Å². The molecule has 27 heavy (non-hydrogen) atoms. The van der Waals surface area contributed by atoms with Crippen molar-refractivity contribution in [2.75, 3.05) is 26.1 Å². The van der Waals surface area contributed by atoms with Gasteiger partial charge in [-0.05, 0) is 48.2 Å². The third-order valence-corrected chi connectivity index (χ3v) is 5.00. The Bertz CT molecular complexity index is 745. The Kier molecular flexibility index (Phi) is 6.71. The zero-order valence-electron chi connectivity index (χ0n) is 16.1. The number of benzene rings is 2. The van der Waals surface area contributed by atoms with E-state index >= 15 is 0 Å². The van der Waals surface area contributed by atoms with Gasteiger partial charge in [-0.15, -0.1) is 0 Å². The lowest BCUT2D eigenvalue weighted by molar-refractivity contribution is 0.185. The van der Waals surface area contributed by atoms with Crippen LogP contribution in [0.2, 0.25) is 0 Å².